The maximum Gasteiger partial charge on any atom is 0.123 e. The molecule has 2 aromatic carbocycles. The van der Waals surface area contributed by atoms with Crippen LogP contribution in [-0.4, -0.2) is 29.2 Å². The van der Waals surface area contributed by atoms with Crippen LogP contribution in [0.3, 0.4) is 0 Å². The SMILES string of the molecule is C[C@H](Cc1ccc(F)cc1)N(CCO)Cc1ccccc1. The molecule has 3 heteroatoms. The molecule has 0 aliphatic heterocycles. The van der Waals surface area contributed by atoms with E-state index in [0.29, 0.717) is 6.54 Å². The van der Waals surface area contributed by atoms with Crippen LogP contribution in [0, 0.1) is 5.82 Å². The van der Waals surface area contributed by atoms with E-state index in [0.717, 1.165) is 18.5 Å². The molecular formula is C18H22FNO. The van der Waals surface area contributed by atoms with Gasteiger partial charge in [0.25, 0.3) is 0 Å². The Hall–Kier alpha value is -1.71. The number of hydrogen-bond acceptors (Lipinski definition) is 2. The molecule has 0 saturated heterocycles. The normalized spacial score (nSPS) is 12.6. The van der Waals surface area contributed by atoms with Crippen molar-refractivity contribution in [2.24, 2.45) is 0 Å². The minimum Gasteiger partial charge on any atom is -0.395 e. The Kier molecular flexibility index (Phi) is 5.90. The molecule has 21 heavy (non-hydrogen) atoms. The molecule has 0 spiro atoms. The monoisotopic (exact) mass is 287 g/mol. The molecular weight excluding hydrogens is 265 g/mol. The van der Waals surface area contributed by atoms with Gasteiger partial charge in [-0.15, -0.1) is 0 Å². The first-order valence-corrected chi connectivity index (χ1v) is 7.32. The Labute approximate surface area is 125 Å². The molecule has 2 rings (SSSR count). The highest BCUT2D eigenvalue weighted by Crippen LogP contribution is 2.13. The number of halogens is 1. The van der Waals surface area contributed by atoms with Gasteiger partial charge < -0.3 is 5.11 Å². The topological polar surface area (TPSA) is 23.5 Å². The molecule has 0 saturated carbocycles. The molecule has 1 atom stereocenters. The van der Waals surface area contributed by atoms with Gasteiger partial charge in [-0.2, -0.15) is 0 Å². The summed E-state index contributed by atoms with van der Waals surface area (Å²) in [5, 5.41) is 9.27. The first kappa shape index (κ1) is 15.7. The lowest BCUT2D eigenvalue weighted by Crippen LogP contribution is -2.36. The van der Waals surface area contributed by atoms with Gasteiger partial charge >= 0.3 is 0 Å². The van der Waals surface area contributed by atoms with Crippen LogP contribution in [0.15, 0.2) is 54.6 Å². The lowest BCUT2D eigenvalue weighted by atomic mass is 10.0. The van der Waals surface area contributed by atoms with Gasteiger partial charge in [-0.05, 0) is 36.6 Å². The number of hydrogen-bond donors (Lipinski definition) is 1. The van der Waals surface area contributed by atoms with Crippen molar-refractivity contribution in [1.29, 1.82) is 0 Å². The molecule has 0 bridgehead atoms. The molecule has 0 amide bonds. The molecule has 0 aromatic heterocycles. The molecule has 112 valence electrons. The minimum atomic E-state index is -0.206. The molecule has 0 unspecified atom stereocenters. The van der Waals surface area contributed by atoms with Gasteiger partial charge in [-0.25, -0.2) is 4.39 Å². The molecule has 2 aromatic rings. The molecule has 0 radical (unpaired) electrons. The van der Waals surface area contributed by atoms with Crippen LogP contribution in [0.1, 0.15) is 18.1 Å². The Morgan fingerprint density at radius 2 is 1.67 bits per heavy atom. The van der Waals surface area contributed by atoms with Gasteiger partial charge in [0.15, 0.2) is 0 Å². The Balaban J connectivity index is 2.01. The van der Waals surface area contributed by atoms with Crippen molar-refractivity contribution in [2.45, 2.75) is 25.9 Å². The lowest BCUT2D eigenvalue weighted by molar-refractivity contribution is 0.150. The number of nitrogens with zero attached hydrogens (tertiary/aromatic N) is 1. The van der Waals surface area contributed by atoms with E-state index in [1.54, 1.807) is 0 Å². The highest BCUT2D eigenvalue weighted by molar-refractivity contribution is 5.18. The predicted octanol–water partition coefficient (Wildman–Crippen LogP) is 3.25. The van der Waals surface area contributed by atoms with Crippen molar-refractivity contribution >= 4 is 0 Å². The third kappa shape index (κ3) is 4.96. The number of aliphatic hydroxyl groups is 1. The summed E-state index contributed by atoms with van der Waals surface area (Å²) in [5.74, 6) is -0.206. The summed E-state index contributed by atoms with van der Waals surface area (Å²) < 4.78 is 12.9. The minimum absolute atomic E-state index is 0.139. The van der Waals surface area contributed by atoms with Crippen molar-refractivity contribution in [1.82, 2.24) is 4.90 Å². The quantitative estimate of drug-likeness (QED) is 0.845. The maximum atomic E-state index is 12.9. The largest absolute Gasteiger partial charge is 0.395 e. The maximum absolute atomic E-state index is 12.9. The van der Waals surface area contributed by atoms with Gasteiger partial charge in [-0.1, -0.05) is 42.5 Å². The predicted molar refractivity (Wildman–Crippen MR) is 83.5 cm³/mol. The van der Waals surface area contributed by atoms with E-state index in [4.69, 9.17) is 0 Å². The van der Waals surface area contributed by atoms with Gasteiger partial charge in [0.1, 0.15) is 5.82 Å². The van der Waals surface area contributed by atoms with Crippen LogP contribution in [0.5, 0.6) is 0 Å². The fourth-order valence-electron chi connectivity index (χ4n) is 2.49. The summed E-state index contributed by atoms with van der Waals surface area (Å²) >= 11 is 0. The van der Waals surface area contributed by atoms with Gasteiger partial charge in [0.05, 0.1) is 6.61 Å². The molecule has 2 nitrogen and oxygen atoms in total. The summed E-state index contributed by atoms with van der Waals surface area (Å²) in [6.45, 7) is 3.73. The highest BCUT2D eigenvalue weighted by Gasteiger charge is 2.14. The van der Waals surface area contributed by atoms with E-state index in [1.165, 1.54) is 17.7 Å². The second-order valence-corrected chi connectivity index (χ2v) is 5.36. The first-order chi connectivity index (χ1) is 10.2. The van der Waals surface area contributed by atoms with E-state index in [9.17, 15) is 9.50 Å². The second kappa shape index (κ2) is 7.91. The van der Waals surface area contributed by atoms with E-state index >= 15 is 0 Å². The second-order valence-electron chi connectivity index (χ2n) is 5.36. The van der Waals surface area contributed by atoms with Gasteiger partial charge in [-0.3, -0.25) is 4.90 Å². The fraction of sp³-hybridized carbons (Fsp3) is 0.333. The van der Waals surface area contributed by atoms with Crippen LogP contribution in [0.2, 0.25) is 0 Å². The molecule has 0 fully saturated rings. The van der Waals surface area contributed by atoms with Crippen LogP contribution in [-0.2, 0) is 13.0 Å². The average Bonchev–Trinajstić information content (AvgIpc) is 2.50. The van der Waals surface area contributed by atoms with Crippen LogP contribution in [0.25, 0.3) is 0 Å². The van der Waals surface area contributed by atoms with E-state index < -0.39 is 0 Å². The fourth-order valence-corrected chi connectivity index (χ4v) is 2.49. The molecule has 0 aliphatic rings. The molecule has 0 heterocycles. The zero-order chi connectivity index (χ0) is 15.1. The zero-order valence-electron chi connectivity index (χ0n) is 12.4. The number of aliphatic hydroxyl groups excluding tert-OH is 1. The van der Waals surface area contributed by atoms with E-state index in [1.807, 2.05) is 30.3 Å². The van der Waals surface area contributed by atoms with Gasteiger partial charge in [0.2, 0.25) is 0 Å². The summed E-state index contributed by atoms with van der Waals surface area (Å²) in [6, 6.07) is 17.2. The number of benzene rings is 2. The lowest BCUT2D eigenvalue weighted by Gasteiger charge is -2.28. The smallest absolute Gasteiger partial charge is 0.123 e. The van der Waals surface area contributed by atoms with Crippen molar-refractivity contribution in [3.8, 4) is 0 Å². The third-order valence-electron chi connectivity index (χ3n) is 3.68. The van der Waals surface area contributed by atoms with Crippen LogP contribution in [0.4, 0.5) is 4.39 Å². The van der Waals surface area contributed by atoms with Gasteiger partial charge in [0, 0.05) is 19.1 Å². The average molecular weight is 287 g/mol. The van der Waals surface area contributed by atoms with Crippen molar-refractivity contribution in [2.75, 3.05) is 13.2 Å². The first-order valence-electron chi connectivity index (χ1n) is 7.32. The highest BCUT2D eigenvalue weighted by atomic mass is 19.1. The van der Waals surface area contributed by atoms with Crippen molar-refractivity contribution < 1.29 is 9.50 Å². The summed E-state index contributed by atoms with van der Waals surface area (Å²) in [6.07, 6.45) is 0.840. The Bertz CT molecular complexity index is 527. The van der Waals surface area contributed by atoms with E-state index in [2.05, 4.69) is 24.0 Å². The molecule has 1 N–H and O–H groups in total. The summed E-state index contributed by atoms with van der Waals surface area (Å²) in [5.41, 5.74) is 2.34. The standard InChI is InChI=1S/C18H22FNO/c1-15(13-16-7-9-18(19)10-8-16)20(11-12-21)14-17-5-3-2-4-6-17/h2-10,15,21H,11-14H2,1H3/t15-/m1/s1. The Morgan fingerprint density at radius 1 is 1.00 bits per heavy atom. The summed E-state index contributed by atoms with van der Waals surface area (Å²) in [7, 11) is 0. The van der Waals surface area contributed by atoms with Crippen LogP contribution < -0.4 is 0 Å². The van der Waals surface area contributed by atoms with Crippen molar-refractivity contribution in [3.63, 3.8) is 0 Å². The Morgan fingerprint density at radius 3 is 2.29 bits per heavy atom. The van der Waals surface area contributed by atoms with Crippen molar-refractivity contribution in [3.05, 3.63) is 71.5 Å². The molecule has 0 aliphatic carbocycles. The third-order valence-corrected chi connectivity index (χ3v) is 3.68. The summed E-state index contributed by atoms with van der Waals surface area (Å²) in [4.78, 5) is 2.25. The van der Waals surface area contributed by atoms with Crippen LogP contribution >= 0.6 is 0 Å². The zero-order valence-corrected chi connectivity index (χ0v) is 12.4. The number of rotatable bonds is 7. The van der Waals surface area contributed by atoms with E-state index in [-0.39, 0.29) is 18.5 Å².